The summed E-state index contributed by atoms with van der Waals surface area (Å²) in [4.78, 5) is 96.8. The molecule has 3 rings (SSSR count). The van der Waals surface area contributed by atoms with Gasteiger partial charge < -0.3 is 36.3 Å². The van der Waals surface area contributed by atoms with Gasteiger partial charge in [-0.1, -0.05) is 34.6 Å². The van der Waals surface area contributed by atoms with E-state index in [-0.39, 0.29) is 55.3 Å². The smallest absolute Gasteiger partial charge is 0.480 e. The molecule has 0 aliphatic carbocycles. The van der Waals surface area contributed by atoms with Gasteiger partial charge in [0.15, 0.2) is 23.0 Å². The molecule has 1 saturated heterocycles. The fourth-order valence-corrected chi connectivity index (χ4v) is 4.89. The first-order chi connectivity index (χ1) is 24.2. The molecule has 20 heteroatoms. The molecular weight excluding hydrogens is 676 g/mol. The predicted octanol–water partition coefficient (Wildman–Crippen LogP) is -0.0952. The number of ketones is 1. The highest BCUT2D eigenvalue weighted by Gasteiger charge is 2.53. The number of carbonyl (C=O) groups is 7. The van der Waals surface area contributed by atoms with E-state index in [0.29, 0.717) is 11.1 Å². The number of nitrogens with one attached hydrogen (secondary N) is 2. The first-order valence-electron chi connectivity index (χ1n) is 15.0. The molecule has 0 spiro atoms. The summed E-state index contributed by atoms with van der Waals surface area (Å²) in [6, 6.07) is 11.4. The Morgan fingerprint density at radius 3 is 1.73 bits per heavy atom. The monoisotopic (exact) mass is 712 g/mol. The van der Waals surface area contributed by atoms with Crippen molar-refractivity contribution in [2.24, 2.45) is 21.8 Å². The molecule has 1 atom stereocenters. The Morgan fingerprint density at radius 2 is 1.27 bits per heavy atom. The number of amides is 3. The van der Waals surface area contributed by atoms with Crippen molar-refractivity contribution in [3.05, 3.63) is 70.8 Å². The zero-order valence-electron chi connectivity index (χ0n) is 27.7. The van der Waals surface area contributed by atoms with Crippen LogP contribution < -0.4 is 22.2 Å². The summed E-state index contributed by atoms with van der Waals surface area (Å²) in [7, 11) is 2.19. The quantitative estimate of drug-likeness (QED) is 0.0325. The molecule has 51 heavy (non-hydrogen) atoms. The zero-order chi connectivity index (χ0) is 37.7. The molecule has 0 aromatic heterocycles. The molecule has 20 nitrogen and oxygen atoms in total. The van der Waals surface area contributed by atoms with Crippen LogP contribution in [0.1, 0.15) is 51.6 Å². The van der Waals surface area contributed by atoms with Gasteiger partial charge in [-0.3, -0.25) is 39.1 Å². The summed E-state index contributed by atoms with van der Waals surface area (Å²) in [5.74, 6) is -4.32. The second kappa shape index (κ2) is 17.7. The van der Waals surface area contributed by atoms with E-state index in [2.05, 4.69) is 40.2 Å². The normalized spacial score (nSPS) is 16.5. The fraction of sp³-hybridized carbons (Fsp3) is 0.323. The summed E-state index contributed by atoms with van der Waals surface area (Å²) < 4.78 is 8.61. The Bertz CT molecular complexity index is 1710. The summed E-state index contributed by atoms with van der Waals surface area (Å²) in [5, 5.41) is 20.1. The molecule has 0 unspecified atom stereocenters. The van der Waals surface area contributed by atoms with E-state index in [0.717, 1.165) is 26.0 Å². The number of rotatable bonds is 14. The van der Waals surface area contributed by atoms with Crippen LogP contribution in [0.3, 0.4) is 0 Å². The molecule has 1 heterocycles. The van der Waals surface area contributed by atoms with Crippen molar-refractivity contribution in [3.8, 4) is 0 Å². The van der Waals surface area contributed by atoms with Crippen LogP contribution in [0.5, 0.6) is 0 Å². The lowest BCUT2D eigenvalue weighted by atomic mass is 9.84. The standard InChI is InChI=1S/C31H36N8O12/c1-18(40)31(13-4-14-34-26(43)21-9-5-19(6-10-21)24(32)36-50-29(46)48-2)28(45)38(17-23(41)42)15-16-39(31)35-27(44)22-11-7-20(8-12-22)25(33)37-51-30(47)49-3/h5-12H,4,13-17H2,1-3H3,(H2,32,36)(H2,33,37)(H,34,43)(H,35,44)(H,41,42)/t31-/m0/s1. The van der Waals surface area contributed by atoms with Crippen molar-refractivity contribution in [3.63, 3.8) is 0 Å². The van der Waals surface area contributed by atoms with E-state index in [9.17, 15) is 38.7 Å². The van der Waals surface area contributed by atoms with Crippen LogP contribution in [0, 0.1) is 0 Å². The molecule has 0 bridgehead atoms. The van der Waals surface area contributed by atoms with Crippen LogP contribution in [-0.4, -0.2) is 114 Å². The van der Waals surface area contributed by atoms with E-state index in [4.69, 9.17) is 11.5 Å². The number of carboxylic acid groups (broad SMARTS) is 1. The highest BCUT2D eigenvalue weighted by molar-refractivity contribution is 6.11. The average molecular weight is 713 g/mol. The number of oxime groups is 2. The average Bonchev–Trinajstić information content (AvgIpc) is 3.12. The summed E-state index contributed by atoms with van der Waals surface area (Å²) in [5.41, 5.74) is 13.1. The van der Waals surface area contributed by atoms with Crippen LogP contribution in [0.4, 0.5) is 9.59 Å². The van der Waals surface area contributed by atoms with Gasteiger partial charge in [0, 0.05) is 41.9 Å². The zero-order valence-corrected chi connectivity index (χ0v) is 27.7. The number of hydrogen-bond acceptors (Lipinski definition) is 14. The number of nitrogens with zero attached hydrogens (tertiary/aromatic N) is 4. The number of hydrazine groups is 1. The number of ether oxygens (including phenoxy) is 2. The molecule has 2 aromatic carbocycles. The van der Waals surface area contributed by atoms with Gasteiger partial charge in [0.2, 0.25) is 0 Å². The van der Waals surface area contributed by atoms with Crippen LogP contribution in [0.15, 0.2) is 58.8 Å². The van der Waals surface area contributed by atoms with E-state index >= 15 is 0 Å². The number of benzene rings is 2. The fourth-order valence-electron chi connectivity index (χ4n) is 4.89. The highest BCUT2D eigenvalue weighted by atomic mass is 16.8. The van der Waals surface area contributed by atoms with Crippen LogP contribution in [0.25, 0.3) is 0 Å². The van der Waals surface area contributed by atoms with Gasteiger partial charge in [-0.25, -0.2) is 9.59 Å². The van der Waals surface area contributed by atoms with E-state index in [1.807, 2.05) is 0 Å². The molecule has 7 N–H and O–H groups in total. The Hall–Kier alpha value is -6.57. The topological polar surface area (TPSA) is 284 Å². The number of aliphatic carboxylic acids is 1. The van der Waals surface area contributed by atoms with Gasteiger partial charge in [-0.05, 0) is 44.0 Å². The van der Waals surface area contributed by atoms with Crippen molar-refractivity contribution in [1.82, 2.24) is 20.7 Å². The number of carbonyl (C=O) groups excluding carboxylic acids is 6. The number of nitrogens with two attached hydrogens (primary N) is 2. The predicted molar refractivity (Wildman–Crippen MR) is 175 cm³/mol. The molecule has 272 valence electrons. The first kappa shape index (κ1) is 38.9. The number of piperazine rings is 1. The van der Waals surface area contributed by atoms with Crippen molar-refractivity contribution >= 4 is 53.5 Å². The molecule has 1 aliphatic rings. The van der Waals surface area contributed by atoms with Gasteiger partial charge >= 0.3 is 18.3 Å². The lowest BCUT2D eigenvalue weighted by Gasteiger charge is -2.47. The van der Waals surface area contributed by atoms with Gasteiger partial charge in [-0.15, -0.1) is 0 Å². The minimum atomic E-state index is -2.00. The number of carboxylic acids is 1. The molecule has 0 saturated carbocycles. The maximum absolute atomic E-state index is 13.8. The van der Waals surface area contributed by atoms with Crippen molar-refractivity contribution < 1.29 is 57.8 Å². The minimum Gasteiger partial charge on any atom is -0.480 e. The number of methoxy groups -OCH3 is 2. The number of Topliss-reactive ketones (excluding diaryl/α,β-unsaturated/α-hetero) is 1. The lowest BCUT2D eigenvalue weighted by molar-refractivity contribution is -0.165. The third-order valence-corrected chi connectivity index (χ3v) is 7.50. The third-order valence-electron chi connectivity index (χ3n) is 7.50. The minimum absolute atomic E-state index is 0.00961. The van der Waals surface area contributed by atoms with Gasteiger partial charge in [0.25, 0.3) is 17.7 Å². The van der Waals surface area contributed by atoms with Crippen LogP contribution >= 0.6 is 0 Å². The SMILES string of the molecule is COC(=O)ON=C(N)c1ccc(C(=O)NCCC[C@]2(C(C)=O)C(=O)N(CC(=O)O)CCN2NC(=O)c2ccc(C(N)=NOC(=O)OC)cc2)cc1. The molecule has 3 amide bonds. The van der Waals surface area contributed by atoms with Crippen molar-refractivity contribution in [1.29, 1.82) is 0 Å². The molecule has 1 fully saturated rings. The lowest BCUT2D eigenvalue weighted by Crippen LogP contribution is -2.73. The summed E-state index contributed by atoms with van der Waals surface area (Å²) in [6.45, 7) is 0.271. The van der Waals surface area contributed by atoms with Gasteiger partial charge in [-0.2, -0.15) is 5.01 Å². The van der Waals surface area contributed by atoms with E-state index in [1.54, 1.807) is 0 Å². The van der Waals surface area contributed by atoms with Gasteiger partial charge in [0.1, 0.15) is 6.54 Å². The van der Waals surface area contributed by atoms with Crippen molar-refractivity contribution in [2.75, 3.05) is 40.4 Å². The maximum Gasteiger partial charge on any atom is 0.534 e. The molecule has 2 aromatic rings. The molecular formula is C31H36N8O12. The largest absolute Gasteiger partial charge is 0.534 e. The number of amidine groups is 2. The highest BCUT2D eigenvalue weighted by Crippen LogP contribution is 2.28. The van der Waals surface area contributed by atoms with Gasteiger partial charge in [0.05, 0.1) is 14.2 Å². The summed E-state index contributed by atoms with van der Waals surface area (Å²) in [6.07, 6.45) is -2.29. The maximum atomic E-state index is 13.8. The molecule has 1 aliphatic heterocycles. The van der Waals surface area contributed by atoms with Crippen molar-refractivity contribution in [2.45, 2.75) is 25.3 Å². The Morgan fingerprint density at radius 1 is 0.804 bits per heavy atom. The second-order valence-electron chi connectivity index (χ2n) is 10.7. The number of hydrogen-bond donors (Lipinski definition) is 5. The Labute approximate surface area is 290 Å². The molecule has 0 radical (unpaired) electrons. The van der Waals surface area contributed by atoms with Crippen LogP contribution in [0.2, 0.25) is 0 Å². The van der Waals surface area contributed by atoms with E-state index in [1.165, 1.54) is 53.5 Å². The van der Waals surface area contributed by atoms with Crippen LogP contribution in [-0.2, 0) is 33.5 Å². The third kappa shape index (κ3) is 9.98. The summed E-state index contributed by atoms with van der Waals surface area (Å²) >= 11 is 0. The Balaban J connectivity index is 1.74. The second-order valence-corrected chi connectivity index (χ2v) is 10.7. The van der Waals surface area contributed by atoms with E-state index < -0.39 is 53.9 Å². The Kier molecular flexibility index (Phi) is 13.5. The first-order valence-corrected chi connectivity index (χ1v) is 15.0.